The monoisotopic (exact) mass is 414 g/mol. The summed E-state index contributed by atoms with van der Waals surface area (Å²) in [5.74, 6) is 0.0764. The largest absolute Gasteiger partial charge is 0.496 e. The second-order valence-corrected chi connectivity index (χ2v) is 6.90. The quantitative estimate of drug-likeness (QED) is 0.777. The number of fused-ring (bicyclic) bond motifs is 1. The molecule has 0 bridgehead atoms. The number of amides is 2. The van der Waals surface area contributed by atoms with Crippen LogP contribution in [0.3, 0.4) is 0 Å². The normalized spacial score (nSPS) is 13.5. The van der Waals surface area contributed by atoms with E-state index < -0.39 is 5.91 Å². The molecule has 0 atom stereocenters. The van der Waals surface area contributed by atoms with Crippen LogP contribution in [0.4, 0.5) is 5.69 Å². The molecule has 2 N–H and O–H groups in total. The standard InChI is InChI=1S/C20H19BrN2O3/c1-26-18-9-8-14(21)12-13(18)7-10-19(24)23-11-3-5-15-16(20(22)25)4-2-6-17(15)23/h2,4,6-10,12H,3,5,11H2,1H3,(H2,22,25)/b10-7+. The number of carbonyl (C=O) groups is 2. The molecule has 0 fully saturated rings. The Balaban J connectivity index is 1.90. The fraction of sp³-hybridized carbons (Fsp3) is 0.200. The molecule has 2 aromatic rings. The molecular formula is C20H19BrN2O3. The Morgan fingerprint density at radius 3 is 2.81 bits per heavy atom. The van der Waals surface area contributed by atoms with Gasteiger partial charge in [0.25, 0.3) is 5.91 Å². The van der Waals surface area contributed by atoms with Crippen LogP contribution in [0.1, 0.15) is 27.9 Å². The third kappa shape index (κ3) is 3.65. The third-order valence-electron chi connectivity index (χ3n) is 4.38. The van der Waals surface area contributed by atoms with Crippen molar-refractivity contribution in [3.63, 3.8) is 0 Å². The van der Waals surface area contributed by atoms with Crippen LogP contribution in [0.2, 0.25) is 0 Å². The molecule has 3 rings (SSSR count). The SMILES string of the molecule is COc1ccc(Br)cc1/C=C/C(=O)N1CCCc2c(C(N)=O)cccc21. The Morgan fingerprint density at radius 2 is 2.08 bits per heavy atom. The van der Waals surface area contributed by atoms with Gasteiger partial charge in [0.05, 0.1) is 7.11 Å². The minimum absolute atomic E-state index is 0.144. The Labute approximate surface area is 160 Å². The van der Waals surface area contributed by atoms with Crippen molar-refractivity contribution in [1.82, 2.24) is 0 Å². The van der Waals surface area contributed by atoms with Crippen molar-refractivity contribution in [3.8, 4) is 5.75 Å². The van der Waals surface area contributed by atoms with Crippen LogP contribution >= 0.6 is 15.9 Å². The first kappa shape index (κ1) is 18.2. The summed E-state index contributed by atoms with van der Waals surface area (Å²) in [6, 6.07) is 10.9. The predicted octanol–water partition coefficient (Wildman–Crippen LogP) is 3.55. The lowest BCUT2D eigenvalue weighted by Crippen LogP contribution is -2.35. The summed E-state index contributed by atoms with van der Waals surface area (Å²) in [6.45, 7) is 0.605. The number of methoxy groups -OCH3 is 1. The molecular weight excluding hydrogens is 396 g/mol. The summed E-state index contributed by atoms with van der Waals surface area (Å²) in [6.07, 6.45) is 4.78. The summed E-state index contributed by atoms with van der Waals surface area (Å²) in [4.78, 5) is 26.1. The van der Waals surface area contributed by atoms with Gasteiger partial charge in [0.1, 0.15) is 5.75 Å². The van der Waals surface area contributed by atoms with Gasteiger partial charge in [0.15, 0.2) is 0 Å². The molecule has 0 aromatic heterocycles. The smallest absolute Gasteiger partial charge is 0.251 e. The number of hydrogen-bond donors (Lipinski definition) is 1. The average Bonchev–Trinajstić information content (AvgIpc) is 2.65. The van der Waals surface area contributed by atoms with Gasteiger partial charge in [0, 0.05) is 33.9 Å². The number of primary amides is 1. The number of halogens is 1. The fourth-order valence-corrected chi connectivity index (χ4v) is 3.55. The molecule has 1 heterocycles. The summed E-state index contributed by atoms with van der Waals surface area (Å²) < 4.78 is 6.23. The van der Waals surface area contributed by atoms with E-state index in [1.807, 2.05) is 24.3 Å². The average molecular weight is 415 g/mol. The molecule has 26 heavy (non-hydrogen) atoms. The number of rotatable bonds is 4. The van der Waals surface area contributed by atoms with Crippen molar-refractivity contribution >= 4 is 39.5 Å². The topological polar surface area (TPSA) is 72.6 Å². The lowest BCUT2D eigenvalue weighted by molar-refractivity contribution is -0.114. The van der Waals surface area contributed by atoms with Crippen molar-refractivity contribution < 1.29 is 14.3 Å². The van der Waals surface area contributed by atoms with Gasteiger partial charge in [-0.1, -0.05) is 22.0 Å². The molecule has 0 unspecified atom stereocenters. The predicted molar refractivity (Wildman–Crippen MR) is 105 cm³/mol. The van der Waals surface area contributed by atoms with Crippen LogP contribution in [0.25, 0.3) is 6.08 Å². The second-order valence-electron chi connectivity index (χ2n) is 5.98. The Morgan fingerprint density at radius 1 is 1.27 bits per heavy atom. The van der Waals surface area contributed by atoms with Crippen molar-refractivity contribution in [2.24, 2.45) is 5.73 Å². The Kier molecular flexibility index (Phi) is 5.42. The summed E-state index contributed by atoms with van der Waals surface area (Å²) >= 11 is 3.42. The molecule has 1 aliphatic rings. The first-order valence-corrected chi connectivity index (χ1v) is 9.05. The molecule has 0 radical (unpaired) electrons. The van der Waals surface area contributed by atoms with Gasteiger partial charge in [-0.05, 0) is 54.8 Å². The molecule has 0 saturated carbocycles. The summed E-state index contributed by atoms with van der Waals surface area (Å²) in [7, 11) is 1.59. The maximum absolute atomic E-state index is 12.8. The van der Waals surface area contributed by atoms with Crippen LogP contribution < -0.4 is 15.4 Å². The molecule has 0 saturated heterocycles. The molecule has 0 spiro atoms. The van der Waals surface area contributed by atoms with Crippen LogP contribution in [0, 0.1) is 0 Å². The van der Waals surface area contributed by atoms with Gasteiger partial charge in [-0.3, -0.25) is 9.59 Å². The highest BCUT2D eigenvalue weighted by atomic mass is 79.9. The van der Waals surface area contributed by atoms with E-state index >= 15 is 0 Å². The van der Waals surface area contributed by atoms with Crippen LogP contribution in [0.15, 0.2) is 46.9 Å². The van der Waals surface area contributed by atoms with E-state index in [4.69, 9.17) is 10.5 Å². The first-order chi connectivity index (χ1) is 12.5. The van der Waals surface area contributed by atoms with Crippen LogP contribution in [0.5, 0.6) is 5.75 Å². The molecule has 0 aliphatic carbocycles. The van der Waals surface area contributed by atoms with Crippen molar-refractivity contribution in [2.45, 2.75) is 12.8 Å². The maximum Gasteiger partial charge on any atom is 0.251 e. The van der Waals surface area contributed by atoms with E-state index in [0.29, 0.717) is 17.9 Å². The fourth-order valence-electron chi connectivity index (χ4n) is 3.17. The van der Waals surface area contributed by atoms with E-state index in [1.165, 1.54) is 6.08 Å². The van der Waals surface area contributed by atoms with Gasteiger partial charge in [-0.25, -0.2) is 0 Å². The minimum atomic E-state index is -0.467. The Bertz CT molecular complexity index is 893. The molecule has 5 nitrogen and oxygen atoms in total. The molecule has 6 heteroatoms. The van der Waals surface area contributed by atoms with E-state index in [0.717, 1.165) is 34.1 Å². The zero-order valence-electron chi connectivity index (χ0n) is 14.4. The van der Waals surface area contributed by atoms with Crippen LogP contribution in [-0.4, -0.2) is 25.5 Å². The highest BCUT2D eigenvalue weighted by Crippen LogP contribution is 2.30. The number of benzene rings is 2. The van der Waals surface area contributed by atoms with Crippen molar-refractivity contribution in [2.75, 3.05) is 18.6 Å². The molecule has 134 valence electrons. The number of anilines is 1. The lowest BCUT2D eigenvalue weighted by Gasteiger charge is -2.29. The van der Waals surface area contributed by atoms with Gasteiger partial charge >= 0.3 is 0 Å². The summed E-state index contributed by atoms with van der Waals surface area (Å²) in [5.41, 5.74) is 8.35. The number of carbonyl (C=O) groups excluding carboxylic acids is 2. The number of nitrogens with zero attached hydrogens (tertiary/aromatic N) is 1. The van der Waals surface area contributed by atoms with Gasteiger partial charge in [-0.15, -0.1) is 0 Å². The van der Waals surface area contributed by atoms with Gasteiger partial charge < -0.3 is 15.4 Å². The lowest BCUT2D eigenvalue weighted by atomic mass is 9.95. The van der Waals surface area contributed by atoms with E-state index in [1.54, 1.807) is 30.2 Å². The zero-order chi connectivity index (χ0) is 18.7. The molecule has 2 aromatic carbocycles. The van der Waals surface area contributed by atoms with Crippen LogP contribution in [-0.2, 0) is 11.2 Å². The van der Waals surface area contributed by atoms with E-state index in [9.17, 15) is 9.59 Å². The number of hydrogen-bond acceptors (Lipinski definition) is 3. The second kappa shape index (κ2) is 7.74. The molecule has 2 amide bonds. The minimum Gasteiger partial charge on any atom is -0.496 e. The molecule has 1 aliphatic heterocycles. The highest BCUT2D eigenvalue weighted by Gasteiger charge is 2.24. The van der Waals surface area contributed by atoms with E-state index in [-0.39, 0.29) is 5.91 Å². The van der Waals surface area contributed by atoms with E-state index in [2.05, 4.69) is 15.9 Å². The number of nitrogens with two attached hydrogens (primary N) is 1. The van der Waals surface area contributed by atoms with Crippen molar-refractivity contribution in [1.29, 1.82) is 0 Å². The highest BCUT2D eigenvalue weighted by molar-refractivity contribution is 9.10. The summed E-state index contributed by atoms with van der Waals surface area (Å²) in [5, 5.41) is 0. The van der Waals surface area contributed by atoms with Crippen molar-refractivity contribution in [3.05, 3.63) is 63.6 Å². The first-order valence-electron chi connectivity index (χ1n) is 8.26. The zero-order valence-corrected chi connectivity index (χ0v) is 16.0. The Hall–Kier alpha value is -2.60. The third-order valence-corrected chi connectivity index (χ3v) is 4.87. The van der Waals surface area contributed by atoms with Gasteiger partial charge in [0.2, 0.25) is 5.91 Å². The number of ether oxygens (including phenoxy) is 1. The van der Waals surface area contributed by atoms with Gasteiger partial charge in [-0.2, -0.15) is 0 Å². The maximum atomic E-state index is 12.8.